The zero-order valence-electron chi connectivity index (χ0n) is 15.9. The summed E-state index contributed by atoms with van der Waals surface area (Å²) in [6, 6.07) is 18.6. The highest BCUT2D eigenvalue weighted by molar-refractivity contribution is 5.29. The molecule has 1 saturated heterocycles. The molecule has 0 aliphatic carbocycles. The highest BCUT2D eigenvalue weighted by Gasteiger charge is 2.27. The molecule has 0 aromatic heterocycles. The molecule has 0 saturated carbocycles. The first kappa shape index (κ1) is 18.9. The molecule has 1 aliphatic rings. The minimum atomic E-state index is -0.384. The fraction of sp³-hybridized carbons (Fsp3) is 0.478. The van der Waals surface area contributed by atoms with Gasteiger partial charge in [0.2, 0.25) is 6.29 Å². The Hall–Kier alpha value is -1.84. The average molecular weight is 354 g/mol. The first-order valence-corrected chi connectivity index (χ1v) is 9.80. The van der Waals surface area contributed by atoms with E-state index >= 15 is 0 Å². The summed E-state index contributed by atoms with van der Waals surface area (Å²) < 4.78 is 18.3. The number of hydrogen-bond acceptors (Lipinski definition) is 3. The second kappa shape index (κ2) is 9.75. The van der Waals surface area contributed by atoms with Gasteiger partial charge in [0.25, 0.3) is 0 Å². The lowest BCUT2D eigenvalue weighted by atomic mass is 9.99. The first-order valence-electron chi connectivity index (χ1n) is 9.80. The fourth-order valence-electron chi connectivity index (χ4n) is 3.19. The predicted octanol–water partition coefficient (Wildman–Crippen LogP) is 5.69. The van der Waals surface area contributed by atoms with Gasteiger partial charge >= 0.3 is 0 Å². The van der Waals surface area contributed by atoms with Gasteiger partial charge in [-0.1, -0.05) is 56.3 Å². The van der Waals surface area contributed by atoms with Gasteiger partial charge in [0.15, 0.2) is 0 Å². The van der Waals surface area contributed by atoms with Crippen LogP contribution < -0.4 is 4.74 Å². The molecule has 0 radical (unpaired) electrons. The van der Waals surface area contributed by atoms with Gasteiger partial charge in [-0.2, -0.15) is 0 Å². The standard InChI is InChI=1S/C23H30O3/c1-3-18(2)20-12-14-21(15-13-20)26-23(22-11-7-8-16-24-22)25-17-19-9-5-4-6-10-19/h4-6,9-10,12-15,18,22-23H,3,7-8,11,16-17H2,1-2H3. The highest BCUT2D eigenvalue weighted by Crippen LogP contribution is 2.25. The normalized spacial score (nSPS) is 19.7. The summed E-state index contributed by atoms with van der Waals surface area (Å²) in [7, 11) is 0. The smallest absolute Gasteiger partial charge is 0.226 e. The maximum Gasteiger partial charge on any atom is 0.226 e. The van der Waals surface area contributed by atoms with Gasteiger partial charge in [0, 0.05) is 6.61 Å². The number of rotatable bonds is 8. The van der Waals surface area contributed by atoms with E-state index in [0.29, 0.717) is 12.5 Å². The molecule has 26 heavy (non-hydrogen) atoms. The van der Waals surface area contributed by atoms with Crippen molar-refractivity contribution in [3.05, 3.63) is 65.7 Å². The van der Waals surface area contributed by atoms with Crippen molar-refractivity contribution in [2.45, 2.75) is 64.4 Å². The summed E-state index contributed by atoms with van der Waals surface area (Å²) in [5, 5.41) is 0. The van der Waals surface area contributed by atoms with Crippen LogP contribution in [0.5, 0.6) is 5.75 Å². The van der Waals surface area contributed by atoms with Gasteiger partial charge in [0.1, 0.15) is 11.9 Å². The molecule has 3 nitrogen and oxygen atoms in total. The zero-order valence-corrected chi connectivity index (χ0v) is 15.9. The van der Waals surface area contributed by atoms with Crippen molar-refractivity contribution in [2.75, 3.05) is 6.61 Å². The molecule has 1 aliphatic heterocycles. The Morgan fingerprint density at radius 3 is 2.46 bits per heavy atom. The van der Waals surface area contributed by atoms with Crippen molar-refractivity contribution in [3.8, 4) is 5.75 Å². The van der Waals surface area contributed by atoms with Crippen molar-refractivity contribution < 1.29 is 14.2 Å². The van der Waals surface area contributed by atoms with E-state index in [4.69, 9.17) is 14.2 Å². The topological polar surface area (TPSA) is 27.7 Å². The monoisotopic (exact) mass is 354 g/mol. The maximum atomic E-state index is 6.20. The molecule has 0 spiro atoms. The average Bonchev–Trinajstić information content (AvgIpc) is 2.72. The molecule has 2 aromatic rings. The van der Waals surface area contributed by atoms with Crippen molar-refractivity contribution in [3.63, 3.8) is 0 Å². The van der Waals surface area contributed by atoms with Crippen LogP contribution in [0.3, 0.4) is 0 Å². The van der Waals surface area contributed by atoms with Crippen LogP contribution in [-0.2, 0) is 16.1 Å². The molecule has 2 aromatic carbocycles. The van der Waals surface area contributed by atoms with Gasteiger partial charge in [-0.05, 0) is 54.9 Å². The number of benzene rings is 2. The third-order valence-electron chi connectivity index (χ3n) is 5.09. The van der Waals surface area contributed by atoms with Gasteiger partial charge in [-0.25, -0.2) is 0 Å². The molecule has 0 bridgehead atoms. The Morgan fingerprint density at radius 2 is 1.81 bits per heavy atom. The Kier molecular flexibility index (Phi) is 7.10. The van der Waals surface area contributed by atoms with Gasteiger partial charge in [0.05, 0.1) is 6.61 Å². The van der Waals surface area contributed by atoms with E-state index in [1.807, 2.05) is 30.3 Å². The minimum Gasteiger partial charge on any atom is -0.462 e. The molecule has 3 heteroatoms. The number of ether oxygens (including phenoxy) is 3. The van der Waals surface area contributed by atoms with Crippen LogP contribution >= 0.6 is 0 Å². The van der Waals surface area contributed by atoms with Crippen LogP contribution in [0.25, 0.3) is 0 Å². The van der Waals surface area contributed by atoms with Crippen LogP contribution in [0.2, 0.25) is 0 Å². The molecule has 3 unspecified atom stereocenters. The summed E-state index contributed by atoms with van der Waals surface area (Å²) in [5.74, 6) is 1.40. The van der Waals surface area contributed by atoms with E-state index in [9.17, 15) is 0 Å². The van der Waals surface area contributed by atoms with Crippen LogP contribution in [-0.4, -0.2) is 19.0 Å². The zero-order chi connectivity index (χ0) is 18.2. The van der Waals surface area contributed by atoms with Crippen molar-refractivity contribution >= 4 is 0 Å². The lowest BCUT2D eigenvalue weighted by Crippen LogP contribution is -2.38. The van der Waals surface area contributed by atoms with E-state index < -0.39 is 0 Å². The first-order chi connectivity index (χ1) is 12.8. The molecule has 0 amide bonds. The molecule has 3 atom stereocenters. The molecule has 3 rings (SSSR count). The van der Waals surface area contributed by atoms with Crippen LogP contribution in [0.1, 0.15) is 56.6 Å². The van der Waals surface area contributed by atoms with E-state index in [1.165, 1.54) is 5.56 Å². The van der Waals surface area contributed by atoms with E-state index in [2.05, 4.69) is 38.1 Å². The van der Waals surface area contributed by atoms with Crippen LogP contribution in [0.15, 0.2) is 54.6 Å². The summed E-state index contributed by atoms with van der Waals surface area (Å²) in [5.41, 5.74) is 2.49. The quantitative estimate of drug-likeness (QED) is 0.570. The molecule has 1 heterocycles. The van der Waals surface area contributed by atoms with E-state index in [-0.39, 0.29) is 12.4 Å². The summed E-state index contributed by atoms with van der Waals surface area (Å²) >= 11 is 0. The Balaban J connectivity index is 1.66. The Labute approximate surface area is 157 Å². The van der Waals surface area contributed by atoms with Crippen LogP contribution in [0.4, 0.5) is 0 Å². The predicted molar refractivity (Wildman–Crippen MR) is 104 cm³/mol. The van der Waals surface area contributed by atoms with Gasteiger partial charge in [-0.15, -0.1) is 0 Å². The Morgan fingerprint density at radius 1 is 1.04 bits per heavy atom. The maximum absolute atomic E-state index is 6.20. The summed E-state index contributed by atoms with van der Waals surface area (Å²) in [6.07, 6.45) is 3.99. The second-order valence-electron chi connectivity index (χ2n) is 7.07. The van der Waals surface area contributed by atoms with E-state index in [1.54, 1.807) is 0 Å². The largest absolute Gasteiger partial charge is 0.462 e. The SMILES string of the molecule is CCC(C)c1ccc(OC(OCc2ccccc2)C2CCCCO2)cc1. The van der Waals surface area contributed by atoms with E-state index in [0.717, 1.165) is 43.6 Å². The van der Waals surface area contributed by atoms with Gasteiger partial charge < -0.3 is 14.2 Å². The highest BCUT2D eigenvalue weighted by atomic mass is 16.7. The van der Waals surface area contributed by atoms with Crippen molar-refractivity contribution in [1.82, 2.24) is 0 Å². The minimum absolute atomic E-state index is 0.0123. The summed E-state index contributed by atoms with van der Waals surface area (Å²) in [6.45, 7) is 5.77. The molecule has 140 valence electrons. The number of hydrogen-bond donors (Lipinski definition) is 0. The summed E-state index contributed by atoms with van der Waals surface area (Å²) in [4.78, 5) is 0. The van der Waals surface area contributed by atoms with Crippen molar-refractivity contribution in [1.29, 1.82) is 0 Å². The second-order valence-corrected chi connectivity index (χ2v) is 7.07. The third-order valence-corrected chi connectivity index (χ3v) is 5.09. The molecular weight excluding hydrogens is 324 g/mol. The molecular formula is C23H30O3. The van der Waals surface area contributed by atoms with Crippen LogP contribution in [0, 0.1) is 0 Å². The molecule has 0 N–H and O–H groups in total. The Bertz CT molecular complexity index is 632. The lowest BCUT2D eigenvalue weighted by molar-refractivity contribution is -0.180. The van der Waals surface area contributed by atoms with Gasteiger partial charge in [-0.3, -0.25) is 0 Å². The lowest BCUT2D eigenvalue weighted by Gasteiger charge is -2.30. The third kappa shape index (κ3) is 5.33. The molecule has 1 fully saturated rings. The fourth-order valence-corrected chi connectivity index (χ4v) is 3.19. The van der Waals surface area contributed by atoms with Crippen molar-refractivity contribution in [2.24, 2.45) is 0 Å².